The zero-order chi connectivity index (χ0) is 14.5. The van der Waals surface area contributed by atoms with E-state index in [9.17, 15) is 4.79 Å². The van der Waals surface area contributed by atoms with Crippen LogP contribution in [0.1, 0.15) is 22.8 Å². The van der Waals surface area contributed by atoms with Gasteiger partial charge in [-0.3, -0.25) is 4.79 Å². The molecular weight excluding hydrogens is 256 g/mol. The van der Waals surface area contributed by atoms with E-state index in [-0.39, 0.29) is 0 Å². The third kappa shape index (κ3) is 3.03. The number of primary amides is 1. The van der Waals surface area contributed by atoms with Gasteiger partial charge in [-0.25, -0.2) is 4.98 Å². The van der Waals surface area contributed by atoms with E-state index in [0.29, 0.717) is 29.7 Å². The van der Waals surface area contributed by atoms with Gasteiger partial charge >= 0.3 is 0 Å². The van der Waals surface area contributed by atoms with Crippen LogP contribution in [0.4, 0.5) is 5.95 Å². The highest BCUT2D eigenvalue weighted by Gasteiger charge is 2.12. The minimum absolute atomic E-state index is 0.315. The summed E-state index contributed by atoms with van der Waals surface area (Å²) in [7, 11) is 0. The lowest BCUT2D eigenvalue weighted by Crippen LogP contribution is -2.12. The average Bonchev–Trinajstić information content (AvgIpc) is 2.43. The molecule has 0 fully saturated rings. The van der Waals surface area contributed by atoms with Gasteiger partial charge in [0.2, 0.25) is 11.8 Å². The molecule has 2 aromatic rings. The molecule has 1 aromatic carbocycles. The molecule has 1 amide bonds. The first-order valence-corrected chi connectivity index (χ1v) is 6.26. The highest BCUT2D eigenvalue weighted by atomic mass is 16.5. The topological polar surface area (TPSA) is 90.1 Å². The smallest absolute Gasteiger partial charge is 0.252 e. The number of amides is 1. The van der Waals surface area contributed by atoms with E-state index in [1.807, 2.05) is 13.8 Å². The van der Waals surface area contributed by atoms with Gasteiger partial charge in [0, 0.05) is 18.3 Å². The number of nitrogens with one attached hydrogen (secondary N) is 1. The predicted octanol–water partition coefficient (Wildman–Crippen LogP) is 2.11. The first-order valence-electron chi connectivity index (χ1n) is 6.26. The van der Waals surface area contributed by atoms with E-state index < -0.39 is 5.91 Å². The summed E-state index contributed by atoms with van der Waals surface area (Å²) in [5.41, 5.74) is 6.40. The summed E-state index contributed by atoms with van der Waals surface area (Å²) in [6.07, 6.45) is 1.66. The van der Waals surface area contributed by atoms with E-state index in [1.165, 1.54) is 0 Å². The first-order chi connectivity index (χ1) is 9.61. The standard InChI is InChI=1S/C14H16N4O2/c1-3-16-14-17-8-9(2)13(18-14)20-11-7-5-4-6-10(11)12(15)19/h4-8H,3H2,1-2H3,(H2,15,19)(H,16,17,18). The molecular formula is C14H16N4O2. The number of anilines is 1. The molecule has 0 aliphatic heterocycles. The largest absolute Gasteiger partial charge is 0.438 e. The fourth-order valence-electron chi connectivity index (χ4n) is 1.64. The fraction of sp³-hybridized carbons (Fsp3) is 0.214. The predicted molar refractivity (Wildman–Crippen MR) is 76.0 cm³/mol. The van der Waals surface area contributed by atoms with Crippen LogP contribution in [0.2, 0.25) is 0 Å². The Balaban J connectivity index is 2.34. The molecule has 2 rings (SSSR count). The molecule has 0 aliphatic rings. The molecule has 0 atom stereocenters. The fourth-order valence-corrected chi connectivity index (χ4v) is 1.64. The number of nitrogens with zero attached hydrogens (tertiary/aromatic N) is 2. The van der Waals surface area contributed by atoms with Crippen LogP contribution in [-0.4, -0.2) is 22.4 Å². The number of rotatable bonds is 5. The first kappa shape index (κ1) is 13.8. The van der Waals surface area contributed by atoms with Crippen LogP contribution in [0.3, 0.4) is 0 Å². The van der Waals surface area contributed by atoms with Crippen molar-refractivity contribution in [2.45, 2.75) is 13.8 Å². The van der Waals surface area contributed by atoms with Crippen LogP contribution in [0.5, 0.6) is 11.6 Å². The van der Waals surface area contributed by atoms with Gasteiger partial charge < -0.3 is 15.8 Å². The quantitative estimate of drug-likeness (QED) is 0.870. The van der Waals surface area contributed by atoms with Crippen LogP contribution >= 0.6 is 0 Å². The van der Waals surface area contributed by atoms with Crippen molar-refractivity contribution in [1.82, 2.24) is 9.97 Å². The third-order valence-corrected chi connectivity index (χ3v) is 2.62. The maximum absolute atomic E-state index is 11.4. The van der Waals surface area contributed by atoms with E-state index in [4.69, 9.17) is 10.5 Å². The Morgan fingerprint density at radius 3 is 2.85 bits per heavy atom. The molecule has 0 aliphatic carbocycles. The van der Waals surface area contributed by atoms with Crippen molar-refractivity contribution in [3.63, 3.8) is 0 Å². The second kappa shape index (κ2) is 6.01. The summed E-state index contributed by atoms with van der Waals surface area (Å²) >= 11 is 0. The molecule has 0 saturated carbocycles. The van der Waals surface area contributed by atoms with Crippen LogP contribution in [0.25, 0.3) is 0 Å². The molecule has 104 valence electrons. The summed E-state index contributed by atoms with van der Waals surface area (Å²) in [6, 6.07) is 6.78. The number of para-hydroxylation sites is 1. The summed E-state index contributed by atoms with van der Waals surface area (Å²) in [6.45, 7) is 4.49. The molecule has 0 bridgehead atoms. The Morgan fingerprint density at radius 2 is 2.15 bits per heavy atom. The van der Waals surface area contributed by atoms with Gasteiger partial charge in [-0.15, -0.1) is 0 Å². The number of ether oxygens (including phenoxy) is 1. The van der Waals surface area contributed by atoms with Crippen molar-refractivity contribution in [2.24, 2.45) is 5.73 Å². The monoisotopic (exact) mass is 272 g/mol. The molecule has 1 aromatic heterocycles. The lowest BCUT2D eigenvalue weighted by atomic mass is 10.2. The molecule has 3 N–H and O–H groups in total. The SMILES string of the molecule is CCNc1ncc(C)c(Oc2ccccc2C(N)=O)n1. The molecule has 0 spiro atoms. The van der Waals surface area contributed by atoms with E-state index >= 15 is 0 Å². The van der Waals surface area contributed by atoms with Crippen molar-refractivity contribution < 1.29 is 9.53 Å². The lowest BCUT2D eigenvalue weighted by Gasteiger charge is -2.11. The van der Waals surface area contributed by atoms with Crippen molar-refractivity contribution in [3.05, 3.63) is 41.6 Å². The van der Waals surface area contributed by atoms with Crippen molar-refractivity contribution >= 4 is 11.9 Å². The number of carbonyl (C=O) groups is 1. The zero-order valence-corrected chi connectivity index (χ0v) is 11.4. The van der Waals surface area contributed by atoms with E-state index in [1.54, 1.807) is 30.5 Å². The summed E-state index contributed by atoms with van der Waals surface area (Å²) < 4.78 is 5.70. The number of benzene rings is 1. The van der Waals surface area contributed by atoms with Crippen molar-refractivity contribution in [1.29, 1.82) is 0 Å². The molecule has 6 heteroatoms. The Labute approximate surface area is 117 Å². The zero-order valence-electron chi connectivity index (χ0n) is 11.4. The van der Waals surface area contributed by atoms with E-state index in [2.05, 4.69) is 15.3 Å². The van der Waals surface area contributed by atoms with Gasteiger partial charge in [0.1, 0.15) is 5.75 Å². The summed E-state index contributed by atoms with van der Waals surface area (Å²) in [5.74, 6) is 0.706. The lowest BCUT2D eigenvalue weighted by molar-refractivity contribution is 0.0998. The molecule has 0 unspecified atom stereocenters. The Hall–Kier alpha value is -2.63. The number of carbonyl (C=O) groups excluding carboxylic acids is 1. The normalized spacial score (nSPS) is 10.1. The van der Waals surface area contributed by atoms with Crippen molar-refractivity contribution in [2.75, 3.05) is 11.9 Å². The highest BCUT2D eigenvalue weighted by molar-refractivity contribution is 5.95. The van der Waals surface area contributed by atoms with Gasteiger partial charge in [-0.2, -0.15) is 4.98 Å². The number of aromatic nitrogens is 2. The molecule has 6 nitrogen and oxygen atoms in total. The number of hydrogen-bond donors (Lipinski definition) is 2. The molecule has 20 heavy (non-hydrogen) atoms. The summed E-state index contributed by atoms with van der Waals surface area (Å²) in [4.78, 5) is 19.8. The number of hydrogen-bond acceptors (Lipinski definition) is 5. The van der Waals surface area contributed by atoms with Crippen LogP contribution in [0, 0.1) is 6.92 Å². The number of aryl methyl sites for hydroxylation is 1. The molecule has 0 radical (unpaired) electrons. The average molecular weight is 272 g/mol. The Kier molecular flexibility index (Phi) is 4.14. The van der Waals surface area contributed by atoms with Gasteiger partial charge in [0.15, 0.2) is 0 Å². The summed E-state index contributed by atoms with van der Waals surface area (Å²) in [5, 5.41) is 3.00. The van der Waals surface area contributed by atoms with Crippen molar-refractivity contribution in [3.8, 4) is 11.6 Å². The maximum Gasteiger partial charge on any atom is 0.252 e. The Bertz CT molecular complexity index is 628. The van der Waals surface area contributed by atoms with Gasteiger partial charge in [0.25, 0.3) is 5.91 Å². The van der Waals surface area contributed by atoms with Gasteiger partial charge in [-0.05, 0) is 26.0 Å². The number of nitrogens with two attached hydrogens (primary N) is 1. The molecule has 0 saturated heterocycles. The van der Waals surface area contributed by atoms with E-state index in [0.717, 1.165) is 5.56 Å². The highest BCUT2D eigenvalue weighted by Crippen LogP contribution is 2.26. The van der Waals surface area contributed by atoms with Gasteiger partial charge in [-0.1, -0.05) is 12.1 Å². The van der Waals surface area contributed by atoms with Gasteiger partial charge in [0.05, 0.1) is 5.56 Å². The minimum atomic E-state index is -0.542. The minimum Gasteiger partial charge on any atom is -0.438 e. The second-order valence-corrected chi connectivity index (χ2v) is 4.17. The third-order valence-electron chi connectivity index (χ3n) is 2.62. The van der Waals surface area contributed by atoms with Crippen LogP contribution in [0.15, 0.2) is 30.5 Å². The Morgan fingerprint density at radius 1 is 1.40 bits per heavy atom. The van der Waals surface area contributed by atoms with Crippen LogP contribution in [-0.2, 0) is 0 Å². The molecule has 1 heterocycles. The van der Waals surface area contributed by atoms with Crippen LogP contribution < -0.4 is 15.8 Å². The second-order valence-electron chi connectivity index (χ2n) is 4.17. The maximum atomic E-state index is 11.4.